The van der Waals surface area contributed by atoms with Crippen LogP contribution < -0.4 is 5.32 Å². The van der Waals surface area contributed by atoms with E-state index in [0.717, 1.165) is 59.1 Å². The molecule has 3 aliphatic rings. The van der Waals surface area contributed by atoms with Gasteiger partial charge in [-0.2, -0.15) is 5.10 Å². The highest BCUT2D eigenvalue weighted by Gasteiger charge is 2.42. The molecule has 31 heavy (non-hydrogen) atoms. The zero-order chi connectivity index (χ0) is 20.8. The molecule has 0 bridgehead atoms. The van der Waals surface area contributed by atoms with Crippen molar-refractivity contribution in [1.82, 2.24) is 24.9 Å². The van der Waals surface area contributed by atoms with E-state index in [2.05, 4.69) is 49.8 Å². The fourth-order valence-electron chi connectivity index (χ4n) is 5.88. The van der Waals surface area contributed by atoms with E-state index in [9.17, 15) is 0 Å². The van der Waals surface area contributed by atoms with Crippen molar-refractivity contribution < 1.29 is 4.74 Å². The molecule has 4 heterocycles. The first kappa shape index (κ1) is 19.2. The van der Waals surface area contributed by atoms with Gasteiger partial charge >= 0.3 is 0 Å². The lowest BCUT2D eigenvalue weighted by atomic mass is 10.0. The van der Waals surface area contributed by atoms with Gasteiger partial charge in [-0.25, -0.2) is 0 Å². The number of nitrogens with zero attached hydrogens (tertiary/aromatic N) is 5. The van der Waals surface area contributed by atoms with Gasteiger partial charge in [-0.05, 0) is 61.8 Å². The fraction of sp³-hybridized carbons (Fsp3) is 0.542. The molecule has 7 heteroatoms. The van der Waals surface area contributed by atoms with Crippen molar-refractivity contribution in [3.05, 3.63) is 36.5 Å². The molecule has 2 saturated heterocycles. The first-order chi connectivity index (χ1) is 15.2. The van der Waals surface area contributed by atoms with Crippen molar-refractivity contribution in [1.29, 1.82) is 0 Å². The molecular weight excluding hydrogens is 388 g/mol. The number of hydrogen-bond acceptors (Lipinski definition) is 6. The molecule has 3 aromatic rings. The van der Waals surface area contributed by atoms with Gasteiger partial charge in [-0.15, -0.1) is 10.2 Å². The molecule has 3 atom stereocenters. The van der Waals surface area contributed by atoms with Gasteiger partial charge in [0, 0.05) is 62.6 Å². The standard InChI is InChI=1S/C24H30N6O/c1-29-13-19-10-16(2-3-23(19)28-29)22-4-5-24(27-26-22)25-20-11-17-14-30(15-18(17)12-20)21-6-8-31-9-7-21/h2-5,10,13,17-18,20-21H,6-9,11-12,14-15H2,1H3,(H,25,27)/t17-,18+,20?. The van der Waals surface area contributed by atoms with Crippen LogP contribution in [0.4, 0.5) is 5.82 Å². The Labute approximate surface area is 182 Å². The number of benzene rings is 1. The fourth-order valence-corrected chi connectivity index (χ4v) is 5.88. The summed E-state index contributed by atoms with van der Waals surface area (Å²) in [6, 6.07) is 11.6. The molecule has 1 aliphatic carbocycles. The third-order valence-electron chi connectivity index (χ3n) is 7.42. The van der Waals surface area contributed by atoms with Crippen molar-refractivity contribution in [3.63, 3.8) is 0 Å². The number of rotatable bonds is 4. The van der Waals surface area contributed by atoms with E-state index in [0.29, 0.717) is 6.04 Å². The third kappa shape index (κ3) is 3.81. The van der Waals surface area contributed by atoms with Crippen molar-refractivity contribution in [3.8, 4) is 11.3 Å². The first-order valence-corrected chi connectivity index (χ1v) is 11.6. The highest BCUT2D eigenvalue weighted by atomic mass is 16.5. The minimum Gasteiger partial charge on any atom is -0.381 e. The van der Waals surface area contributed by atoms with Crippen molar-refractivity contribution in [2.24, 2.45) is 18.9 Å². The summed E-state index contributed by atoms with van der Waals surface area (Å²) < 4.78 is 7.38. The van der Waals surface area contributed by atoms with Gasteiger partial charge in [0.25, 0.3) is 0 Å². The maximum Gasteiger partial charge on any atom is 0.148 e. The Kier molecular flexibility index (Phi) is 4.88. The van der Waals surface area contributed by atoms with Crippen LogP contribution in [0.15, 0.2) is 36.5 Å². The summed E-state index contributed by atoms with van der Waals surface area (Å²) in [4.78, 5) is 2.74. The minimum absolute atomic E-state index is 0.513. The monoisotopic (exact) mass is 418 g/mol. The number of anilines is 1. The summed E-state index contributed by atoms with van der Waals surface area (Å²) in [5.74, 6) is 2.52. The quantitative estimate of drug-likeness (QED) is 0.701. The molecule has 7 nitrogen and oxygen atoms in total. The van der Waals surface area contributed by atoms with E-state index in [1.54, 1.807) is 0 Å². The van der Waals surface area contributed by atoms with Crippen LogP contribution in [0.2, 0.25) is 0 Å². The number of aromatic nitrogens is 4. The van der Waals surface area contributed by atoms with Gasteiger partial charge in [-0.1, -0.05) is 6.07 Å². The number of ether oxygens (including phenoxy) is 1. The van der Waals surface area contributed by atoms with E-state index >= 15 is 0 Å². The molecule has 1 N–H and O–H groups in total. The smallest absolute Gasteiger partial charge is 0.148 e. The van der Waals surface area contributed by atoms with Crippen LogP contribution >= 0.6 is 0 Å². The second kappa shape index (κ2) is 7.88. The lowest BCUT2D eigenvalue weighted by Crippen LogP contribution is -2.39. The summed E-state index contributed by atoms with van der Waals surface area (Å²) in [6.45, 7) is 4.39. The third-order valence-corrected chi connectivity index (χ3v) is 7.42. The predicted octanol–water partition coefficient (Wildman–Crippen LogP) is 3.33. The summed E-state index contributed by atoms with van der Waals surface area (Å²) in [5, 5.41) is 18.2. The Morgan fingerprint density at radius 1 is 1.00 bits per heavy atom. The van der Waals surface area contributed by atoms with Gasteiger partial charge in [0.05, 0.1) is 11.2 Å². The molecule has 0 amide bonds. The van der Waals surface area contributed by atoms with Crippen LogP contribution in [0.3, 0.4) is 0 Å². The predicted molar refractivity (Wildman–Crippen MR) is 121 cm³/mol. The van der Waals surface area contributed by atoms with Crippen LogP contribution in [-0.2, 0) is 11.8 Å². The molecule has 1 saturated carbocycles. The van der Waals surface area contributed by atoms with Crippen LogP contribution in [0, 0.1) is 11.8 Å². The second-order valence-corrected chi connectivity index (χ2v) is 9.51. The van der Waals surface area contributed by atoms with Gasteiger partial charge in [0.2, 0.25) is 0 Å². The van der Waals surface area contributed by atoms with Crippen LogP contribution in [-0.4, -0.2) is 63.3 Å². The highest BCUT2D eigenvalue weighted by Crippen LogP contribution is 2.40. The first-order valence-electron chi connectivity index (χ1n) is 11.6. The van der Waals surface area contributed by atoms with Crippen LogP contribution in [0.1, 0.15) is 25.7 Å². The van der Waals surface area contributed by atoms with Crippen molar-refractivity contribution in [2.75, 3.05) is 31.6 Å². The van der Waals surface area contributed by atoms with Gasteiger partial charge in [0.1, 0.15) is 5.82 Å². The molecule has 0 spiro atoms. The Morgan fingerprint density at radius 3 is 2.55 bits per heavy atom. The van der Waals surface area contributed by atoms with Gasteiger partial charge in [-0.3, -0.25) is 9.58 Å². The van der Waals surface area contributed by atoms with E-state index in [1.165, 1.54) is 38.8 Å². The maximum atomic E-state index is 5.54. The summed E-state index contributed by atoms with van der Waals surface area (Å²) in [7, 11) is 1.94. The largest absolute Gasteiger partial charge is 0.381 e. The maximum absolute atomic E-state index is 5.54. The number of nitrogens with one attached hydrogen (secondary N) is 1. The van der Waals surface area contributed by atoms with Crippen molar-refractivity contribution >= 4 is 16.7 Å². The number of hydrogen-bond donors (Lipinski definition) is 1. The number of likely N-dealkylation sites (tertiary alicyclic amines) is 1. The zero-order valence-electron chi connectivity index (χ0n) is 18.1. The Bertz CT molecular complexity index is 1040. The van der Waals surface area contributed by atoms with Gasteiger partial charge in [0.15, 0.2) is 0 Å². The molecule has 3 fully saturated rings. The molecule has 1 unspecified atom stereocenters. The molecule has 1 aromatic carbocycles. The highest BCUT2D eigenvalue weighted by molar-refractivity contribution is 5.83. The minimum atomic E-state index is 0.513. The zero-order valence-corrected chi connectivity index (χ0v) is 18.1. The van der Waals surface area contributed by atoms with E-state index < -0.39 is 0 Å². The number of aryl methyl sites for hydroxylation is 1. The Balaban J connectivity index is 1.07. The lowest BCUT2D eigenvalue weighted by Gasteiger charge is -2.32. The molecule has 0 radical (unpaired) electrons. The molecule has 2 aliphatic heterocycles. The van der Waals surface area contributed by atoms with Crippen LogP contribution in [0.5, 0.6) is 0 Å². The van der Waals surface area contributed by atoms with Gasteiger partial charge < -0.3 is 10.1 Å². The summed E-state index contributed by atoms with van der Waals surface area (Å²) in [5.41, 5.74) is 2.97. The van der Waals surface area contributed by atoms with E-state index in [-0.39, 0.29) is 0 Å². The average Bonchev–Trinajstić information content (AvgIpc) is 3.46. The molecule has 2 aromatic heterocycles. The normalized spacial score (nSPS) is 27.1. The average molecular weight is 419 g/mol. The van der Waals surface area contributed by atoms with E-state index in [1.807, 2.05) is 24.0 Å². The Hall–Kier alpha value is -2.51. The summed E-state index contributed by atoms with van der Waals surface area (Å²) >= 11 is 0. The SMILES string of the molecule is Cn1cc2cc(-c3ccc(NC4C[C@@H]5CN(C6CCOCC6)C[C@@H]5C4)nn3)ccc2n1. The summed E-state index contributed by atoms with van der Waals surface area (Å²) in [6.07, 6.45) is 6.92. The number of fused-ring (bicyclic) bond motifs is 2. The lowest BCUT2D eigenvalue weighted by molar-refractivity contribution is 0.0396. The molecule has 6 rings (SSSR count). The van der Waals surface area contributed by atoms with Crippen LogP contribution in [0.25, 0.3) is 22.2 Å². The molecular formula is C24H30N6O. The topological polar surface area (TPSA) is 68.1 Å². The van der Waals surface area contributed by atoms with Crippen molar-refractivity contribution in [2.45, 2.75) is 37.8 Å². The molecule has 162 valence electrons. The Morgan fingerprint density at radius 2 is 1.81 bits per heavy atom. The van der Waals surface area contributed by atoms with E-state index in [4.69, 9.17) is 4.74 Å². The second-order valence-electron chi connectivity index (χ2n) is 9.51.